The molecule has 2 N–H and O–H groups in total. The number of hydrogen-bond donors (Lipinski definition) is 2. The summed E-state index contributed by atoms with van der Waals surface area (Å²) in [5.74, 6) is 0. The van der Waals surface area contributed by atoms with Crippen molar-refractivity contribution in [2.75, 3.05) is 6.54 Å². The average molecular weight is 177 g/mol. The Kier molecular flexibility index (Phi) is 2.34. The van der Waals surface area contributed by atoms with Gasteiger partial charge >= 0.3 is 0 Å². The van der Waals surface area contributed by atoms with Gasteiger partial charge in [-0.15, -0.1) is 0 Å². The van der Waals surface area contributed by atoms with Gasteiger partial charge in [-0.1, -0.05) is 18.2 Å². The largest absolute Gasteiger partial charge is 0.389 e. The zero-order valence-electron chi connectivity index (χ0n) is 7.88. The third-order valence-electron chi connectivity index (χ3n) is 2.60. The first-order chi connectivity index (χ1) is 6.27. The molecule has 0 saturated carbocycles. The predicted molar refractivity (Wildman–Crippen MR) is 52.5 cm³/mol. The summed E-state index contributed by atoms with van der Waals surface area (Å²) in [6.45, 7) is 3.81. The first kappa shape index (κ1) is 8.73. The van der Waals surface area contributed by atoms with Crippen LogP contribution in [0.4, 0.5) is 0 Å². The molecule has 0 saturated heterocycles. The molecule has 13 heavy (non-hydrogen) atoms. The lowest BCUT2D eigenvalue weighted by atomic mass is 9.97. The number of benzene rings is 1. The highest BCUT2D eigenvalue weighted by Gasteiger charge is 2.10. The van der Waals surface area contributed by atoms with Crippen LogP contribution in [0, 0.1) is 0 Å². The summed E-state index contributed by atoms with van der Waals surface area (Å²) in [7, 11) is 0. The lowest BCUT2D eigenvalue weighted by molar-refractivity contribution is 0.199. The second-order valence-corrected chi connectivity index (χ2v) is 3.63. The summed E-state index contributed by atoms with van der Waals surface area (Å²) in [5.41, 5.74) is 3.77. The molecule has 0 aliphatic carbocycles. The average Bonchev–Trinajstić information content (AvgIpc) is 2.17. The highest BCUT2D eigenvalue weighted by atomic mass is 16.3. The summed E-state index contributed by atoms with van der Waals surface area (Å²) in [6, 6.07) is 6.26. The van der Waals surface area contributed by atoms with E-state index < -0.39 is 0 Å². The van der Waals surface area contributed by atoms with Crippen LogP contribution in [-0.2, 0) is 13.0 Å². The Bertz CT molecular complexity index is 307. The van der Waals surface area contributed by atoms with Crippen LogP contribution >= 0.6 is 0 Å². The zero-order chi connectivity index (χ0) is 9.26. The van der Waals surface area contributed by atoms with Gasteiger partial charge in [0.15, 0.2) is 0 Å². The van der Waals surface area contributed by atoms with Gasteiger partial charge in [-0.3, -0.25) is 0 Å². The van der Waals surface area contributed by atoms with Gasteiger partial charge in [0.25, 0.3) is 0 Å². The Morgan fingerprint density at radius 1 is 1.38 bits per heavy atom. The van der Waals surface area contributed by atoms with E-state index in [1.54, 1.807) is 6.92 Å². The molecule has 0 radical (unpaired) electrons. The lowest BCUT2D eigenvalue weighted by Gasteiger charge is -2.18. The standard InChI is InChI=1S/C11H15NO/c1-8(13)10-3-2-9-4-5-12-7-11(9)6-10/h2-3,6,8,12-13H,4-5,7H2,1H3. The molecule has 1 aromatic rings. The van der Waals surface area contributed by atoms with Crippen molar-refractivity contribution < 1.29 is 5.11 Å². The lowest BCUT2D eigenvalue weighted by Crippen LogP contribution is -2.23. The Labute approximate surface area is 78.6 Å². The molecular weight excluding hydrogens is 162 g/mol. The molecule has 1 atom stereocenters. The Balaban J connectivity index is 2.35. The number of fused-ring (bicyclic) bond motifs is 1. The maximum Gasteiger partial charge on any atom is 0.0762 e. The third-order valence-corrected chi connectivity index (χ3v) is 2.60. The van der Waals surface area contributed by atoms with Crippen molar-refractivity contribution in [2.24, 2.45) is 0 Å². The zero-order valence-corrected chi connectivity index (χ0v) is 7.88. The van der Waals surface area contributed by atoms with E-state index in [0.29, 0.717) is 0 Å². The SMILES string of the molecule is CC(O)c1ccc2c(c1)CNCC2. The first-order valence-electron chi connectivity index (χ1n) is 4.78. The normalized spacial score (nSPS) is 18.0. The van der Waals surface area contributed by atoms with Gasteiger partial charge in [-0.25, -0.2) is 0 Å². The second kappa shape index (κ2) is 3.48. The molecule has 0 fully saturated rings. The Morgan fingerprint density at radius 3 is 3.00 bits per heavy atom. The molecule has 1 aliphatic rings. The van der Waals surface area contributed by atoms with Crippen molar-refractivity contribution in [3.63, 3.8) is 0 Å². The van der Waals surface area contributed by atoms with Gasteiger partial charge in [0.05, 0.1) is 6.10 Å². The van der Waals surface area contributed by atoms with Crippen molar-refractivity contribution in [3.8, 4) is 0 Å². The molecular formula is C11H15NO. The summed E-state index contributed by atoms with van der Waals surface area (Å²) < 4.78 is 0. The molecule has 1 heterocycles. The second-order valence-electron chi connectivity index (χ2n) is 3.63. The molecule has 0 bridgehead atoms. The number of hydrogen-bond acceptors (Lipinski definition) is 2. The summed E-state index contributed by atoms with van der Waals surface area (Å²) in [5, 5.41) is 12.7. The molecule has 2 rings (SSSR count). The van der Waals surface area contributed by atoms with Crippen LogP contribution in [0.25, 0.3) is 0 Å². The van der Waals surface area contributed by atoms with Gasteiger partial charge in [-0.2, -0.15) is 0 Å². The van der Waals surface area contributed by atoms with E-state index in [4.69, 9.17) is 0 Å². The highest BCUT2D eigenvalue weighted by molar-refractivity contribution is 5.34. The van der Waals surface area contributed by atoms with Crippen LogP contribution in [0.5, 0.6) is 0 Å². The third kappa shape index (κ3) is 1.74. The number of aliphatic hydroxyl groups excluding tert-OH is 1. The van der Waals surface area contributed by atoms with Crippen LogP contribution in [0.2, 0.25) is 0 Å². The fourth-order valence-electron chi connectivity index (χ4n) is 1.76. The molecule has 1 aromatic carbocycles. The van der Waals surface area contributed by atoms with Crippen LogP contribution in [0.1, 0.15) is 29.7 Å². The van der Waals surface area contributed by atoms with Gasteiger partial charge in [0.1, 0.15) is 0 Å². The topological polar surface area (TPSA) is 32.3 Å². The van der Waals surface area contributed by atoms with E-state index in [1.807, 2.05) is 6.07 Å². The Morgan fingerprint density at radius 2 is 2.23 bits per heavy atom. The summed E-state index contributed by atoms with van der Waals surface area (Å²) in [4.78, 5) is 0. The minimum atomic E-state index is -0.354. The van der Waals surface area contributed by atoms with Crippen molar-refractivity contribution in [2.45, 2.75) is 26.0 Å². The van der Waals surface area contributed by atoms with Gasteiger partial charge in [-0.05, 0) is 36.6 Å². The minimum Gasteiger partial charge on any atom is -0.389 e. The van der Waals surface area contributed by atoms with E-state index in [0.717, 1.165) is 25.1 Å². The van der Waals surface area contributed by atoms with E-state index in [-0.39, 0.29) is 6.10 Å². The summed E-state index contributed by atoms with van der Waals surface area (Å²) >= 11 is 0. The van der Waals surface area contributed by atoms with Crippen molar-refractivity contribution in [1.29, 1.82) is 0 Å². The Hall–Kier alpha value is -0.860. The highest BCUT2D eigenvalue weighted by Crippen LogP contribution is 2.19. The molecule has 0 spiro atoms. The van der Waals surface area contributed by atoms with Crippen LogP contribution in [-0.4, -0.2) is 11.7 Å². The summed E-state index contributed by atoms with van der Waals surface area (Å²) in [6.07, 6.45) is 0.752. The number of nitrogens with one attached hydrogen (secondary N) is 1. The quantitative estimate of drug-likeness (QED) is 0.679. The van der Waals surface area contributed by atoms with E-state index in [1.165, 1.54) is 11.1 Å². The van der Waals surface area contributed by atoms with Crippen molar-refractivity contribution in [3.05, 3.63) is 34.9 Å². The van der Waals surface area contributed by atoms with Gasteiger partial charge in [0.2, 0.25) is 0 Å². The van der Waals surface area contributed by atoms with Crippen LogP contribution in [0.3, 0.4) is 0 Å². The van der Waals surface area contributed by atoms with Crippen molar-refractivity contribution >= 4 is 0 Å². The fraction of sp³-hybridized carbons (Fsp3) is 0.455. The van der Waals surface area contributed by atoms with E-state index in [9.17, 15) is 5.11 Å². The van der Waals surface area contributed by atoms with E-state index in [2.05, 4.69) is 17.4 Å². The maximum atomic E-state index is 9.40. The molecule has 2 nitrogen and oxygen atoms in total. The van der Waals surface area contributed by atoms with E-state index >= 15 is 0 Å². The van der Waals surface area contributed by atoms with Crippen LogP contribution < -0.4 is 5.32 Å². The monoisotopic (exact) mass is 177 g/mol. The number of aliphatic hydroxyl groups is 1. The maximum absolute atomic E-state index is 9.40. The van der Waals surface area contributed by atoms with Crippen LogP contribution in [0.15, 0.2) is 18.2 Å². The molecule has 70 valence electrons. The van der Waals surface area contributed by atoms with Crippen molar-refractivity contribution in [1.82, 2.24) is 5.32 Å². The minimum absolute atomic E-state index is 0.354. The van der Waals surface area contributed by atoms with Gasteiger partial charge in [0, 0.05) is 6.54 Å². The molecule has 1 unspecified atom stereocenters. The first-order valence-corrected chi connectivity index (χ1v) is 4.78. The molecule has 2 heteroatoms. The number of rotatable bonds is 1. The fourth-order valence-corrected chi connectivity index (χ4v) is 1.76. The molecule has 1 aliphatic heterocycles. The van der Waals surface area contributed by atoms with Gasteiger partial charge < -0.3 is 10.4 Å². The molecule has 0 amide bonds. The molecule has 0 aromatic heterocycles. The predicted octanol–water partition coefficient (Wildman–Crippen LogP) is 1.39. The smallest absolute Gasteiger partial charge is 0.0762 e.